The first-order valence-corrected chi connectivity index (χ1v) is 6.19. The summed E-state index contributed by atoms with van der Waals surface area (Å²) in [5.41, 5.74) is 4.48. The molecule has 0 radical (unpaired) electrons. The lowest BCUT2D eigenvalue weighted by Gasteiger charge is -2.09. The number of hydrogen-bond donors (Lipinski definition) is 0. The quantitative estimate of drug-likeness (QED) is 0.679. The standard InChI is InChI=1S/C13H11Cl2N/c1-7-5-8(14)6-10-12(15)9-3-2-4-11(9)16-13(7)10/h5-6H,2-4H2,1H3. The molecule has 3 heteroatoms. The summed E-state index contributed by atoms with van der Waals surface area (Å²) in [5, 5.41) is 2.57. The van der Waals surface area contributed by atoms with E-state index in [1.807, 2.05) is 19.1 Å². The molecule has 0 aliphatic heterocycles. The molecule has 16 heavy (non-hydrogen) atoms. The molecular formula is C13H11Cl2N. The fraction of sp³-hybridized carbons (Fsp3) is 0.308. The van der Waals surface area contributed by atoms with Gasteiger partial charge in [0.2, 0.25) is 0 Å². The summed E-state index contributed by atoms with van der Waals surface area (Å²) in [6.07, 6.45) is 3.25. The number of nitrogens with zero attached hydrogens (tertiary/aromatic N) is 1. The zero-order chi connectivity index (χ0) is 11.3. The Kier molecular flexibility index (Phi) is 2.34. The van der Waals surface area contributed by atoms with E-state index in [1.54, 1.807) is 0 Å². The Labute approximate surface area is 104 Å². The number of benzene rings is 1. The molecule has 0 atom stereocenters. The summed E-state index contributed by atoms with van der Waals surface area (Å²) in [4.78, 5) is 4.71. The van der Waals surface area contributed by atoms with Gasteiger partial charge in [-0.05, 0) is 49.4 Å². The minimum atomic E-state index is 0.728. The number of aryl methyl sites for hydroxylation is 2. The molecule has 0 saturated heterocycles. The first kappa shape index (κ1) is 10.4. The lowest BCUT2D eigenvalue weighted by molar-refractivity contribution is 0.901. The van der Waals surface area contributed by atoms with Crippen molar-refractivity contribution in [3.63, 3.8) is 0 Å². The van der Waals surface area contributed by atoms with Crippen molar-refractivity contribution < 1.29 is 0 Å². The van der Waals surface area contributed by atoms with Gasteiger partial charge in [-0.3, -0.25) is 4.98 Å². The highest BCUT2D eigenvalue weighted by Crippen LogP contribution is 2.35. The van der Waals surface area contributed by atoms with Crippen LogP contribution in [-0.2, 0) is 12.8 Å². The second kappa shape index (κ2) is 3.61. The second-order valence-corrected chi connectivity index (χ2v) is 5.14. The van der Waals surface area contributed by atoms with Crippen LogP contribution in [0.15, 0.2) is 12.1 Å². The van der Waals surface area contributed by atoms with E-state index in [-0.39, 0.29) is 0 Å². The van der Waals surface area contributed by atoms with E-state index in [2.05, 4.69) is 0 Å². The molecule has 0 bridgehead atoms. The Morgan fingerprint density at radius 3 is 2.81 bits per heavy atom. The molecular weight excluding hydrogens is 241 g/mol. The predicted molar refractivity (Wildman–Crippen MR) is 68.5 cm³/mol. The Hall–Kier alpha value is -0.790. The highest BCUT2D eigenvalue weighted by molar-refractivity contribution is 6.37. The second-order valence-electron chi connectivity index (χ2n) is 4.32. The van der Waals surface area contributed by atoms with Crippen molar-refractivity contribution in [2.24, 2.45) is 0 Å². The van der Waals surface area contributed by atoms with Crippen LogP contribution in [0.3, 0.4) is 0 Å². The van der Waals surface area contributed by atoms with Gasteiger partial charge in [0, 0.05) is 16.1 Å². The van der Waals surface area contributed by atoms with Gasteiger partial charge in [-0.15, -0.1) is 0 Å². The third-order valence-corrected chi connectivity index (χ3v) is 3.85. The van der Waals surface area contributed by atoms with Crippen LogP contribution in [0.5, 0.6) is 0 Å². The molecule has 1 aromatic carbocycles. The van der Waals surface area contributed by atoms with Crippen LogP contribution in [0.2, 0.25) is 10.0 Å². The molecule has 0 spiro atoms. The predicted octanol–water partition coefficient (Wildman–Crippen LogP) is 4.34. The van der Waals surface area contributed by atoms with E-state index in [4.69, 9.17) is 28.2 Å². The minimum Gasteiger partial charge on any atom is -0.252 e. The van der Waals surface area contributed by atoms with Crippen LogP contribution in [0.4, 0.5) is 0 Å². The summed E-state index contributed by atoms with van der Waals surface area (Å²) in [5.74, 6) is 0. The zero-order valence-electron chi connectivity index (χ0n) is 8.98. The van der Waals surface area contributed by atoms with Crippen molar-refractivity contribution in [1.82, 2.24) is 4.98 Å². The summed E-state index contributed by atoms with van der Waals surface area (Å²) in [6, 6.07) is 3.85. The fourth-order valence-electron chi connectivity index (χ4n) is 2.44. The number of fused-ring (bicyclic) bond motifs is 2. The van der Waals surface area contributed by atoms with Crippen molar-refractivity contribution in [3.05, 3.63) is 39.0 Å². The first-order chi connectivity index (χ1) is 7.66. The van der Waals surface area contributed by atoms with E-state index in [0.29, 0.717) is 0 Å². The smallest absolute Gasteiger partial charge is 0.0750 e. The summed E-state index contributed by atoms with van der Waals surface area (Å²) in [7, 11) is 0. The van der Waals surface area contributed by atoms with Crippen molar-refractivity contribution >= 4 is 34.1 Å². The fourth-order valence-corrected chi connectivity index (χ4v) is 3.06. The molecule has 0 N–H and O–H groups in total. The molecule has 82 valence electrons. The first-order valence-electron chi connectivity index (χ1n) is 5.44. The van der Waals surface area contributed by atoms with Crippen molar-refractivity contribution in [3.8, 4) is 0 Å². The average Bonchev–Trinajstić information content (AvgIpc) is 2.68. The molecule has 2 aromatic rings. The largest absolute Gasteiger partial charge is 0.252 e. The average molecular weight is 252 g/mol. The number of aromatic nitrogens is 1. The van der Waals surface area contributed by atoms with Gasteiger partial charge in [0.05, 0.1) is 10.5 Å². The van der Waals surface area contributed by atoms with Crippen LogP contribution in [0.1, 0.15) is 23.2 Å². The lowest BCUT2D eigenvalue weighted by Crippen LogP contribution is -1.93. The molecule has 1 aliphatic carbocycles. The van der Waals surface area contributed by atoms with Crippen LogP contribution >= 0.6 is 23.2 Å². The SMILES string of the molecule is Cc1cc(Cl)cc2c(Cl)c3c(nc12)CCC3. The lowest BCUT2D eigenvalue weighted by atomic mass is 10.1. The zero-order valence-corrected chi connectivity index (χ0v) is 10.5. The van der Waals surface area contributed by atoms with E-state index in [1.165, 1.54) is 11.3 Å². The van der Waals surface area contributed by atoms with E-state index in [0.717, 1.165) is 45.8 Å². The van der Waals surface area contributed by atoms with Gasteiger partial charge in [0.1, 0.15) is 0 Å². The van der Waals surface area contributed by atoms with Crippen molar-refractivity contribution in [2.45, 2.75) is 26.2 Å². The maximum Gasteiger partial charge on any atom is 0.0750 e. The number of rotatable bonds is 0. The third kappa shape index (κ3) is 1.42. The van der Waals surface area contributed by atoms with Crippen LogP contribution < -0.4 is 0 Å². The number of hydrogen-bond acceptors (Lipinski definition) is 1. The third-order valence-electron chi connectivity index (χ3n) is 3.20. The van der Waals surface area contributed by atoms with Gasteiger partial charge in [0.15, 0.2) is 0 Å². The van der Waals surface area contributed by atoms with E-state index < -0.39 is 0 Å². The van der Waals surface area contributed by atoms with Crippen LogP contribution in [0.25, 0.3) is 10.9 Å². The monoisotopic (exact) mass is 251 g/mol. The van der Waals surface area contributed by atoms with Gasteiger partial charge < -0.3 is 0 Å². The minimum absolute atomic E-state index is 0.728. The maximum absolute atomic E-state index is 6.43. The summed E-state index contributed by atoms with van der Waals surface area (Å²) < 4.78 is 0. The van der Waals surface area contributed by atoms with Crippen LogP contribution in [0, 0.1) is 6.92 Å². The molecule has 3 rings (SSSR count). The van der Waals surface area contributed by atoms with Gasteiger partial charge >= 0.3 is 0 Å². The molecule has 0 unspecified atom stereocenters. The Morgan fingerprint density at radius 1 is 1.19 bits per heavy atom. The molecule has 1 aliphatic rings. The molecule has 0 amide bonds. The normalized spacial score (nSPS) is 14.4. The number of halogens is 2. The van der Waals surface area contributed by atoms with Crippen molar-refractivity contribution in [1.29, 1.82) is 0 Å². The molecule has 0 fully saturated rings. The Bertz CT molecular complexity index is 590. The highest BCUT2D eigenvalue weighted by Gasteiger charge is 2.19. The van der Waals surface area contributed by atoms with Gasteiger partial charge in [-0.1, -0.05) is 23.2 Å². The van der Waals surface area contributed by atoms with E-state index in [9.17, 15) is 0 Å². The molecule has 1 nitrogen and oxygen atoms in total. The Balaban J connectivity index is 2.46. The Morgan fingerprint density at radius 2 is 2.00 bits per heavy atom. The molecule has 0 saturated carbocycles. The van der Waals surface area contributed by atoms with Gasteiger partial charge in [-0.25, -0.2) is 0 Å². The molecule has 1 aromatic heterocycles. The summed E-state index contributed by atoms with van der Waals surface area (Å²) >= 11 is 12.5. The summed E-state index contributed by atoms with van der Waals surface area (Å²) in [6.45, 7) is 2.03. The van der Waals surface area contributed by atoms with Crippen LogP contribution in [-0.4, -0.2) is 4.98 Å². The number of pyridine rings is 1. The maximum atomic E-state index is 6.43. The van der Waals surface area contributed by atoms with Crippen molar-refractivity contribution in [2.75, 3.05) is 0 Å². The molecule has 1 heterocycles. The van der Waals surface area contributed by atoms with Gasteiger partial charge in [0.25, 0.3) is 0 Å². The highest BCUT2D eigenvalue weighted by atomic mass is 35.5. The van der Waals surface area contributed by atoms with E-state index >= 15 is 0 Å². The van der Waals surface area contributed by atoms with Gasteiger partial charge in [-0.2, -0.15) is 0 Å². The topological polar surface area (TPSA) is 12.9 Å².